The van der Waals surface area contributed by atoms with Gasteiger partial charge in [-0.15, -0.1) is 0 Å². The smallest absolute Gasteiger partial charge is 0.326 e. The minimum absolute atomic E-state index is 0.339. The van der Waals surface area contributed by atoms with E-state index in [0.717, 1.165) is 22.7 Å². The van der Waals surface area contributed by atoms with E-state index in [1.54, 1.807) is 18.5 Å². The first-order valence-electron chi connectivity index (χ1n) is 5.35. The number of alkyl halides is 3. The zero-order valence-electron chi connectivity index (χ0n) is 9.69. The lowest BCUT2D eigenvalue weighted by atomic mass is 10.3. The normalized spacial score (nSPS) is 11.6. The van der Waals surface area contributed by atoms with Gasteiger partial charge in [0.2, 0.25) is 0 Å². The molecule has 0 aliphatic rings. The summed E-state index contributed by atoms with van der Waals surface area (Å²) < 4.78 is 37.2. The van der Waals surface area contributed by atoms with E-state index in [1.807, 2.05) is 0 Å². The molecule has 3 nitrogen and oxygen atoms in total. The Balaban J connectivity index is 2.20. The summed E-state index contributed by atoms with van der Waals surface area (Å²) in [6, 6.07) is 4.11. The standard InChI is InChI=1S/C12H10F3N3S/c13-12(14,15)9-1-2-11(18-6-9)19-10-7-17-4-3-8(10)5-16/h1-4,6-7H,5,16H2. The fourth-order valence-electron chi connectivity index (χ4n) is 1.39. The van der Waals surface area contributed by atoms with Gasteiger partial charge in [-0.25, -0.2) is 4.98 Å². The average Bonchev–Trinajstić information content (AvgIpc) is 2.39. The van der Waals surface area contributed by atoms with Crippen molar-refractivity contribution in [2.75, 3.05) is 0 Å². The summed E-state index contributed by atoms with van der Waals surface area (Å²) in [5.74, 6) is 0. The summed E-state index contributed by atoms with van der Waals surface area (Å²) in [6.45, 7) is 0.339. The van der Waals surface area contributed by atoms with Crippen LogP contribution in [0.25, 0.3) is 0 Å². The second-order valence-corrected chi connectivity index (χ2v) is 4.73. The largest absolute Gasteiger partial charge is 0.417 e. The highest BCUT2D eigenvalue weighted by atomic mass is 32.2. The highest BCUT2D eigenvalue weighted by Gasteiger charge is 2.30. The number of nitrogens with two attached hydrogens (primary N) is 1. The number of aromatic nitrogens is 2. The highest BCUT2D eigenvalue weighted by molar-refractivity contribution is 7.99. The van der Waals surface area contributed by atoms with Gasteiger partial charge in [0, 0.05) is 30.0 Å². The van der Waals surface area contributed by atoms with Crippen LogP contribution in [0.1, 0.15) is 11.1 Å². The number of pyridine rings is 2. The van der Waals surface area contributed by atoms with E-state index in [1.165, 1.54) is 17.8 Å². The first-order valence-corrected chi connectivity index (χ1v) is 6.16. The molecule has 0 atom stereocenters. The molecule has 0 saturated heterocycles. The molecule has 0 spiro atoms. The Kier molecular flexibility index (Phi) is 4.06. The van der Waals surface area contributed by atoms with Gasteiger partial charge in [0.15, 0.2) is 0 Å². The van der Waals surface area contributed by atoms with Crippen LogP contribution in [-0.2, 0) is 12.7 Å². The summed E-state index contributed by atoms with van der Waals surface area (Å²) >= 11 is 1.24. The second kappa shape index (κ2) is 5.58. The van der Waals surface area contributed by atoms with Crippen molar-refractivity contribution in [3.8, 4) is 0 Å². The Labute approximate surface area is 112 Å². The molecule has 0 aromatic carbocycles. The van der Waals surface area contributed by atoms with Crippen molar-refractivity contribution in [2.24, 2.45) is 5.73 Å². The van der Waals surface area contributed by atoms with Crippen LogP contribution < -0.4 is 5.73 Å². The van der Waals surface area contributed by atoms with Crippen molar-refractivity contribution < 1.29 is 13.2 Å². The van der Waals surface area contributed by atoms with Crippen molar-refractivity contribution in [1.29, 1.82) is 0 Å². The molecule has 0 fully saturated rings. The quantitative estimate of drug-likeness (QED) is 0.941. The van der Waals surface area contributed by atoms with E-state index in [0.29, 0.717) is 11.6 Å². The predicted molar refractivity (Wildman–Crippen MR) is 65.5 cm³/mol. The number of rotatable bonds is 3. The van der Waals surface area contributed by atoms with Gasteiger partial charge in [-0.1, -0.05) is 11.8 Å². The van der Waals surface area contributed by atoms with Crippen LogP contribution in [0.5, 0.6) is 0 Å². The molecule has 0 aliphatic carbocycles. The number of halogens is 3. The maximum atomic E-state index is 12.4. The lowest BCUT2D eigenvalue weighted by molar-refractivity contribution is -0.137. The lowest BCUT2D eigenvalue weighted by Crippen LogP contribution is -2.05. The van der Waals surface area contributed by atoms with Crippen molar-refractivity contribution >= 4 is 11.8 Å². The van der Waals surface area contributed by atoms with Gasteiger partial charge in [0.25, 0.3) is 0 Å². The van der Waals surface area contributed by atoms with Crippen LogP contribution in [0.4, 0.5) is 13.2 Å². The molecule has 7 heteroatoms. The maximum Gasteiger partial charge on any atom is 0.417 e. The van der Waals surface area contributed by atoms with Crippen molar-refractivity contribution in [1.82, 2.24) is 9.97 Å². The molecule has 0 bridgehead atoms. The molecule has 100 valence electrons. The van der Waals surface area contributed by atoms with E-state index in [2.05, 4.69) is 9.97 Å². The zero-order valence-corrected chi connectivity index (χ0v) is 10.5. The van der Waals surface area contributed by atoms with Crippen molar-refractivity contribution in [3.63, 3.8) is 0 Å². The van der Waals surface area contributed by atoms with Gasteiger partial charge < -0.3 is 5.73 Å². The molecule has 0 radical (unpaired) electrons. The fraction of sp³-hybridized carbons (Fsp3) is 0.167. The number of nitrogens with zero attached hydrogens (tertiary/aromatic N) is 2. The molecule has 0 aliphatic heterocycles. The zero-order chi connectivity index (χ0) is 13.9. The molecule has 2 rings (SSSR count). The Morgan fingerprint density at radius 2 is 1.95 bits per heavy atom. The first kappa shape index (κ1) is 13.8. The Morgan fingerprint density at radius 1 is 1.16 bits per heavy atom. The van der Waals surface area contributed by atoms with E-state index in [9.17, 15) is 13.2 Å². The molecule has 0 saturated carbocycles. The molecule has 2 aromatic rings. The molecule has 0 unspecified atom stereocenters. The molecule has 2 N–H and O–H groups in total. The molecule has 19 heavy (non-hydrogen) atoms. The summed E-state index contributed by atoms with van der Waals surface area (Å²) in [4.78, 5) is 8.54. The van der Waals surface area contributed by atoms with Gasteiger partial charge >= 0.3 is 6.18 Å². The van der Waals surface area contributed by atoms with E-state index < -0.39 is 11.7 Å². The maximum absolute atomic E-state index is 12.4. The molecule has 2 aromatic heterocycles. The Hall–Kier alpha value is -1.60. The third-order valence-corrected chi connectivity index (χ3v) is 3.41. The first-order chi connectivity index (χ1) is 9.00. The monoisotopic (exact) mass is 285 g/mol. The van der Waals surface area contributed by atoms with Crippen LogP contribution in [0.2, 0.25) is 0 Å². The summed E-state index contributed by atoms with van der Waals surface area (Å²) in [7, 11) is 0. The lowest BCUT2D eigenvalue weighted by Gasteiger charge is -2.08. The van der Waals surface area contributed by atoms with Crippen molar-refractivity contribution in [3.05, 3.63) is 47.9 Å². The van der Waals surface area contributed by atoms with Crippen LogP contribution >= 0.6 is 11.8 Å². The predicted octanol–water partition coefficient (Wildman–Crippen LogP) is 3.11. The fourth-order valence-corrected chi connectivity index (χ4v) is 2.25. The summed E-state index contributed by atoms with van der Waals surface area (Å²) in [5.41, 5.74) is 5.69. The second-order valence-electron chi connectivity index (χ2n) is 3.67. The topological polar surface area (TPSA) is 51.8 Å². The van der Waals surface area contributed by atoms with Gasteiger partial charge in [0.1, 0.15) is 5.03 Å². The van der Waals surface area contributed by atoms with Gasteiger partial charge in [-0.2, -0.15) is 13.2 Å². The van der Waals surface area contributed by atoms with E-state index >= 15 is 0 Å². The van der Waals surface area contributed by atoms with Crippen LogP contribution in [0, 0.1) is 0 Å². The highest BCUT2D eigenvalue weighted by Crippen LogP contribution is 2.32. The van der Waals surface area contributed by atoms with E-state index in [-0.39, 0.29) is 0 Å². The Bertz CT molecular complexity index is 555. The third kappa shape index (κ3) is 3.45. The van der Waals surface area contributed by atoms with Gasteiger partial charge in [-0.05, 0) is 23.8 Å². The van der Waals surface area contributed by atoms with Crippen LogP contribution in [-0.4, -0.2) is 9.97 Å². The molecular formula is C12H10F3N3S. The van der Waals surface area contributed by atoms with Crippen molar-refractivity contribution in [2.45, 2.75) is 22.6 Å². The molecular weight excluding hydrogens is 275 g/mol. The van der Waals surface area contributed by atoms with Crippen LogP contribution in [0.3, 0.4) is 0 Å². The van der Waals surface area contributed by atoms with E-state index in [4.69, 9.17) is 5.73 Å². The van der Waals surface area contributed by atoms with Gasteiger partial charge in [0.05, 0.1) is 5.56 Å². The van der Waals surface area contributed by atoms with Gasteiger partial charge in [-0.3, -0.25) is 4.98 Å². The summed E-state index contributed by atoms with van der Waals surface area (Å²) in [5, 5.41) is 0.468. The summed E-state index contributed by atoms with van der Waals surface area (Å²) in [6.07, 6.45) is -0.313. The minimum Gasteiger partial charge on any atom is -0.326 e. The minimum atomic E-state index is -4.37. The number of hydrogen-bond acceptors (Lipinski definition) is 4. The third-order valence-electron chi connectivity index (χ3n) is 2.37. The van der Waals surface area contributed by atoms with Crippen LogP contribution in [0.15, 0.2) is 46.7 Å². The molecule has 2 heterocycles. The number of hydrogen-bond donors (Lipinski definition) is 1. The Morgan fingerprint density at radius 3 is 2.53 bits per heavy atom. The molecule has 0 amide bonds. The average molecular weight is 285 g/mol. The SMILES string of the molecule is NCc1ccncc1Sc1ccc(C(F)(F)F)cn1.